The van der Waals surface area contributed by atoms with Crippen LogP contribution < -0.4 is 0 Å². The quantitative estimate of drug-likeness (QED) is 0.0343. The van der Waals surface area contributed by atoms with Crippen molar-refractivity contribution in [2.75, 3.05) is 13.2 Å². The first kappa shape index (κ1) is 67.4. The molecule has 1 unspecified atom stereocenters. The van der Waals surface area contributed by atoms with Crippen LogP contribution >= 0.6 is 0 Å². The van der Waals surface area contributed by atoms with Crippen LogP contribution in [0.3, 0.4) is 0 Å². The van der Waals surface area contributed by atoms with E-state index in [9.17, 15) is 14.4 Å². The van der Waals surface area contributed by atoms with Gasteiger partial charge in [0.2, 0.25) is 0 Å². The van der Waals surface area contributed by atoms with Crippen LogP contribution in [-0.4, -0.2) is 37.2 Å². The molecular formula is C63H122O6. The molecular weight excluding hydrogens is 853 g/mol. The van der Waals surface area contributed by atoms with E-state index in [2.05, 4.69) is 34.6 Å². The minimum atomic E-state index is -0.763. The zero-order valence-corrected chi connectivity index (χ0v) is 47.5. The molecule has 0 aromatic heterocycles. The van der Waals surface area contributed by atoms with Gasteiger partial charge in [-0.25, -0.2) is 0 Å². The van der Waals surface area contributed by atoms with E-state index >= 15 is 0 Å². The summed E-state index contributed by atoms with van der Waals surface area (Å²) in [6, 6.07) is 0. The molecule has 69 heavy (non-hydrogen) atoms. The monoisotopic (exact) mass is 975 g/mol. The summed E-state index contributed by atoms with van der Waals surface area (Å²) in [5.41, 5.74) is 0. The smallest absolute Gasteiger partial charge is 0.306 e. The first-order valence-corrected chi connectivity index (χ1v) is 31.3. The van der Waals surface area contributed by atoms with Crippen LogP contribution in [0.5, 0.6) is 0 Å². The summed E-state index contributed by atoms with van der Waals surface area (Å²) in [5.74, 6) is 0.921. The van der Waals surface area contributed by atoms with Gasteiger partial charge in [-0.1, -0.05) is 317 Å². The van der Waals surface area contributed by atoms with E-state index in [0.29, 0.717) is 19.3 Å². The number of ether oxygens (including phenoxy) is 3. The Hall–Kier alpha value is -1.59. The largest absolute Gasteiger partial charge is 0.462 e. The van der Waals surface area contributed by atoms with Crippen molar-refractivity contribution in [2.45, 2.75) is 362 Å². The summed E-state index contributed by atoms with van der Waals surface area (Å²) in [6.07, 6.45) is 60.9. The Morgan fingerprint density at radius 3 is 0.826 bits per heavy atom. The second kappa shape index (κ2) is 55.7. The van der Waals surface area contributed by atoms with Crippen LogP contribution in [0.1, 0.15) is 356 Å². The molecule has 0 bridgehead atoms. The molecule has 0 heterocycles. The zero-order valence-electron chi connectivity index (χ0n) is 47.5. The third-order valence-corrected chi connectivity index (χ3v) is 14.8. The van der Waals surface area contributed by atoms with Crippen molar-refractivity contribution in [3.8, 4) is 0 Å². The van der Waals surface area contributed by atoms with Crippen molar-refractivity contribution >= 4 is 17.9 Å². The molecule has 0 spiro atoms. The van der Waals surface area contributed by atoms with Crippen molar-refractivity contribution in [2.24, 2.45) is 11.8 Å². The number of carbonyl (C=O) groups excluding carboxylic acids is 3. The number of rotatable bonds is 57. The highest BCUT2D eigenvalue weighted by atomic mass is 16.6. The lowest BCUT2D eigenvalue weighted by Gasteiger charge is -2.18. The molecule has 0 radical (unpaired) electrons. The molecule has 0 saturated heterocycles. The maximum Gasteiger partial charge on any atom is 0.306 e. The molecule has 0 saturated carbocycles. The Morgan fingerprint density at radius 2 is 0.551 bits per heavy atom. The van der Waals surface area contributed by atoms with Gasteiger partial charge in [0.05, 0.1) is 0 Å². The molecule has 0 amide bonds. The third kappa shape index (κ3) is 55.6. The molecule has 0 rings (SSSR count). The van der Waals surface area contributed by atoms with E-state index in [-0.39, 0.29) is 31.1 Å². The van der Waals surface area contributed by atoms with Crippen molar-refractivity contribution in [3.63, 3.8) is 0 Å². The molecule has 410 valence electrons. The topological polar surface area (TPSA) is 78.9 Å². The summed E-state index contributed by atoms with van der Waals surface area (Å²) in [4.78, 5) is 38.2. The summed E-state index contributed by atoms with van der Waals surface area (Å²) < 4.78 is 16.9. The second-order valence-corrected chi connectivity index (χ2v) is 22.4. The number of hydrogen-bond donors (Lipinski definition) is 0. The van der Waals surface area contributed by atoms with Gasteiger partial charge in [-0.2, -0.15) is 0 Å². The van der Waals surface area contributed by atoms with Crippen molar-refractivity contribution in [1.29, 1.82) is 0 Å². The highest BCUT2D eigenvalue weighted by Gasteiger charge is 2.19. The number of esters is 3. The Morgan fingerprint density at radius 1 is 0.304 bits per heavy atom. The summed E-state index contributed by atoms with van der Waals surface area (Å²) in [5, 5.41) is 0. The number of hydrogen-bond acceptors (Lipinski definition) is 6. The molecule has 0 aliphatic carbocycles. The Balaban J connectivity index is 4.25. The maximum absolute atomic E-state index is 12.9. The van der Waals surface area contributed by atoms with Gasteiger partial charge in [0.15, 0.2) is 6.10 Å². The Labute approximate surface area is 431 Å². The fourth-order valence-electron chi connectivity index (χ4n) is 9.73. The SMILES string of the molecule is CCCCCCCCCCCCCCC(=O)OC[C@@H](COC(=O)CCCCCCCCCCCCCCCCC(C)CC)OC(=O)CCCCCCCCCCCCCCCCCCCCC(C)C. The van der Waals surface area contributed by atoms with E-state index in [1.165, 1.54) is 244 Å². The zero-order chi connectivity index (χ0) is 50.4. The average molecular weight is 976 g/mol. The molecule has 0 fully saturated rings. The lowest BCUT2D eigenvalue weighted by molar-refractivity contribution is -0.167. The van der Waals surface area contributed by atoms with E-state index in [4.69, 9.17) is 14.2 Å². The first-order chi connectivity index (χ1) is 33.8. The van der Waals surface area contributed by atoms with Gasteiger partial charge in [-0.3, -0.25) is 14.4 Å². The molecule has 0 aromatic carbocycles. The average Bonchev–Trinajstić information content (AvgIpc) is 3.34. The molecule has 0 N–H and O–H groups in total. The van der Waals surface area contributed by atoms with E-state index in [1.54, 1.807) is 0 Å². The summed E-state index contributed by atoms with van der Waals surface area (Å²) >= 11 is 0. The standard InChI is InChI=1S/C63H122O6/c1-6-8-9-10-11-12-13-28-33-38-43-48-53-61(64)67-56-60(57-68-62(65)54-49-44-39-34-29-24-21-20-23-27-32-37-42-47-52-59(5)7-2)69-63(66)55-50-45-40-35-30-25-19-17-15-14-16-18-22-26-31-36-41-46-51-58(3)4/h58-60H,6-57H2,1-5H3/t59?,60-/m0/s1. The van der Waals surface area contributed by atoms with Crippen LogP contribution in [-0.2, 0) is 28.6 Å². The second-order valence-electron chi connectivity index (χ2n) is 22.4. The van der Waals surface area contributed by atoms with Gasteiger partial charge in [0.25, 0.3) is 0 Å². The van der Waals surface area contributed by atoms with Crippen LogP contribution in [0.25, 0.3) is 0 Å². The van der Waals surface area contributed by atoms with Gasteiger partial charge >= 0.3 is 17.9 Å². The lowest BCUT2D eigenvalue weighted by Crippen LogP contribution is -2.30. The van der Waals surface area contributed by atoms with Crippen molar-refractivity contribution in [1.82, 2.24) is 0 Å². The summed E-state index contributed by atoms with van der Waals surface area (Å²) in [6.45, 7) is 11.5. The molecule has 0 aliphatic heterocycles. The molecule has 6 nitrogen and oxygen atoms in total. The van der Waals surface area contributed by atoms with E-state index in [0.717, 1.165) is 69.6 Å². The predicted octanol–water partition coefficient (Wildman–Crippen LogP) is 20.8. The number of unbranched alkanes of at least 4 members (excludes halogenated alkanes) is 41. The van der Waals surface area contributed by atoms with Crippen molar-refractivity contribution < 1.29 is 28.6 Å². The van der Waals surface area contributed by atoms with Gasteiger partial charge in [0, 0.05) is 19.3 Å². The van der Waals surface area contributed by atoms with E-state index in [1.807, 2.05) is 0 Å². The highest BCUT2D eigenvalue weighted by molar-refractivity contribution is 5.71. The lowest BCUT2D eigenvalue weighted by atomic mass is 9.99. The normalized spacial score (nSPS) is 12.4. The third-order valence-electron chi connectivity index (χ3n) is 14.8. The van der Waals surface area contributed by atoms with Gasteiger partial charge in [-0.15, -0.1) is 0 Å². The molecule has 0 aliphatic rings. The molecule has 2 atom stereocenters. The molecule has 0 aromatic rings. The summed E-state index contributed by atoms with van der Waals surface area (Å²) in [7, 11) is 0. The first-order valence-electron chi connectivity index (χ1n) is 31.3. The number of carbonyl (C=O) groups is 3. The fraction of sp³-hybridized carbons (Fsp3) is 0.952. The van der Waals surface area contributed by atoms with Crippen LogP contribution in [0, 0.1) is 11.8 Å². The van der Waals surface area contributed by atoms with Crippen molar-refractivity contribution in [3.05, 3.63) is 0 Å². The van der Waals surface area contributed by atoms with E-state index < -0.39 is 6.10 Å². The minimum Gasteiger partial charge on any atom is -0.462 e. The highest BCUT2D eigenvalue weighted by Crippen LogP contribution is 2.19. The maximum atomic E-state index is 12.9. The fourth-order valence-corrected chi connectivity index (χ4v) is 9.73. The van der Waals surface area contributed by atoms with Crippen LogP contribution in [0.4, 0.5) is 0 Å². The van der Waals surface area contributed by atoms with Gasteiger partial charge < -0.3 is 14.2 Å². The van der Waals surface area contributed by atoms with Gasteiger partial charge in [-0.05, 0) is 31.1 Å². The Bertz CT molecular complexity index is 1060. The predicted molar refractivity (Wildman–Crippen MR) is 298 cm³/mol. The molecule has 6 heteroatoms. The minimum absolute atomic E-state index is 0.0620. The van der Waals surface area contributed by atoms with Crippen LogP contribution in [0.2, 0.25) is 0 Å². The van der Waals surface area contributed by atoms with Gasteiger partial charge in [0.1, 0.15) is 13.2 Å². The Kier molecular flexibility index (Phi) is 54.4. The van der Waals surface area contributed by atoms with Crippen LogP contribution in [0.15, 0.2) is 0 Å².